The number of benzene rings is 1. The maximum Gasteiger partial charge on any atom is 0.500 e. The summed E-state index contributed by atoms with van der Waals surface area (Å²) in [6, 6.07) is 5.86. The van der Waals surface area contributed by atoms with E-state index in [1.807, 2.05) is 25.1 Å². The molecule has 0 saturated heterocycles. The largest absolute Gasteiger partial charge is 0.500 e. The van der Waals surface area contributed by atoms with E-state index < -0.39 is 7.12 Å². The predicted octanol–water partition coefficient (Wildman–Crippen LogP) is 1.54. The Labute approximate surface area is 90.9 Å². The van der Waals surface area contributed by atoms with Crippen LogP contribution in [-0.2, 0) is 0 Å². The van der Waals surface area contributed by atoms with Crippen LogP contribution in [0.5, 0.6) is 0 Å². The summed E-state index contributed by atoms with van der Waals surface area (Å²) in [5.41, 5.74) is 1.11. The molecular formula is C9H8BClO2S. The average molecular weight is 226 g/mol. The van der Waals surface area contributed by atoms with Crippen molar-refractivity contribution >= 4 is 44.9 Å². The monoisotopic (exact) mass is 226 g/mol. The van der Waals surface area contributed by atoms with E-state index in [-0.39, 0.29) is 0 Å². The molecule has 0 amide bonds. The molecule has 0 spiro atoms. The molecule has 2 N–H and O–H groups in total. The zero-order valence-corrected chi connectivity index (χ0v) is 9.06. The van der Waals surface area contributed by atoms with Gasteiger partial charge in [-0.1, -0.05) is 23.2 Å². The summed E-state index contributed by atoms with van der Waals surface area (Å²) in [5.74, 6) is 0. The van der Waals surface area contributed by atoms with Gasteiger partial charge >= 0.3 is 7.12 Å². The first kappa shape index (κ1) is 9.99. The molecule has 0 saturated carbocycles. The number of fused-ring (bicyclic) bond motifs is 1. The van der Waals surface area contributed by atoms with E-state index in [0.29, 0.717) is 9.80 Å². The van der Waals surface area contributed by atoms with E-state index in [9.17, 15) is 0 Å². The van der Waals surface area contributed by atoms with Gasteiger partial charge in [-0.3, -0.25) is 0 Å². The number of aryl methyl sites for hydroxylation is 1. The normalized spacial score (nSPS) is 10.9. The molecule has 0 atom stereocenters. The Morgan fingerprint density at radius 2 is 2.07 bits per heavy atom. The highest BCUT2D eigenvalue weighted by molar-refractivity contribution is 7.28. The van der Waals surface area contributed by atoms with Crippen LogP contribution in [-0.4, -0.2) is 17.2 Å². The summed E-state index contributed by atoms with van der Waals surface area (Å²) >= 11 is 7.32. The van der Waals surface area contributed by atoms with E-state index in [1.165, 1.54) is 11.3 Å². The van der Waals surface area contributed by atoms with E-state index >= 15 is 0 Å². The molecule has 0 aliphatic heterocycles. The zero-order valence-electron chi connectivity index (χ0n) is 7.49. The van der Waals surface area contributed by atoms with Crippen molar-refractivity contribution in [3.05, 3.63) is 28.8 Å². The predicted molar refractivity (Wildman–Crippen MR) is 61.4 cm³/mol. The van der Waals surface area contributed by atoms with Gasteiger partial charge in [0.25, 0.3) is 0 Å². The summed E-state index contributed by atoms with van der Waals surface area (Å²) in [7, 11) is -1.49. The van der Waals surface area contributed by atoms with E-state index in [0.717, 1.165) is 15.6 Å². The summed E-state index contributed by atoms with van der Waals surface area (Å²) in [6.45, 7) is 1.97. The van der Waals surface area contributed by atoms with Gasteiger partial charge in [-0.2, -0.15) is 0 Å². The second-order valence-electron chi connectivity index (χ2n) is 3.15. The lowest BCUT2D eigenvalue weighted by molar-refractivity contribution is 0.427. The van der Waals surface area contributed by atoms with Gasteiger partial charge in [-0.25, -0.2) is 0 Å². The van der Waals surface area contributed by atoms with Crippen molar-refractivity contribution in [1.29, 1.82) is 0 Å². The molecule has 2 nitrogen and oxygen atoms in total. The fraction of sp³-hybridized carbons (Fsp3) is 0.111. The molecule has 0 bridgehead atoms. The highest BCUT2D eigenvalue weighted by Crippen LogP contribution is 2.28. The third-order valence-electron chi connectivity index (χ3n) is 2.04. The molecule has 1 aromatic heterocycles. The summed E-state index contributed by atoms with van der Waals surface area (Å²) in [4.78, 5) is 0. The minimum absolute atomic E-state index is 0.410. The minimum Gasteiger partial charge on any atom is -0.423 e. The number of hydrogen-bond acceptors (Lipinski definition) is 3. The molecule has 2 aromatic rings. The highest BCUT2D eigenvalue weighted by Gasteiger charge is 2.20. The minimum atomic E-state index is -1.49. The number of thiophene rings is 1. The smallest absolute Gasteiger partial charge is 0.423 e. The molecule has 0 aliphatic rings. The van der Waals surface area contributed by atoms with Crippen molar-refractivity contribution in [2.75, 3.05) is 0 Å². The fourth-order valence-corrected chi connectivity index (χ4v) is 2.74. The van der Waals surface area contributed by atoms with Crippen LogP contribution in [0, 0.1) is 6.92 Å². The van der Waals surface area contributed by atoms with Gasteiger partial charge in [0.15, 0.2) is 0 Å². The van der Waals surface area contributed by atoms with Crippen LogP contribution in [0.25, 0.3) is 10.1 Å². The molecule has 0 aliphatic carbocycles. The first-order chi connectivity index (χ1) is 6.59. The van der Waals surface area contributed by atoms with Gasteiger partial charge in [0.05, 0.1) is 9.80 Å². The van der Waals surface area contributed by atoms with E-state index in [1.54, 1.807) is 0 Å². The average Bonchev–Trinajstić information content (AvgIpc) is 2.44. The Balaban J connectivity index is 2.74. The van der Waals surface area contributed by atoms with Gasteiger partial charge in [0.1, 0.15) is 0 Å². The molecule has 0 radical (unpaired) electrons. The van der Waals surface area contributed by atoms with Gasteiger partial charge < -0.3 is 10.0 Å². The zero-order chi connectivity index (χ0) is 10.3. The van der Waals surface area contributed by atoms with Gasteiger partial charge in [0.2, 0.25) is 0 Å². The van der Waals surface area contributed by atoms with Crippen LogP contribution in [0.1, 0.15) is 5.56 Å². The molecule has 5 heteroatoms. The second-order valence-corrected chi connectivity index (χ2v) is 4.62. The van der Waals surface area contributed by atoms with Gasteiger partial charge in [-0.05, 0) is 19.1 Å². The van der Waals surface area contributed by atoms with Crippen molar-refractivity contribution in [3.8, 4) is 0 Å². The highest BCUT2D eigenvalue weighted by atomic mass is 35.5. The Kier molecular flexibility index (Phi) is 2.53. The number of hydrogen-bond donors (Lipinski definition) is 2. The first-order valence-electron chi connectivity index (χ1n) is 4.14. The number of rotatable bonds is 1. The first-order valence-corrected chi connectivity index (χ1v) is 5.33. The van der Waals surface area contributed by atoms with Crippen molar-refractivity contribution < 1.29 is 10.0 Å². The van der Waals surface area contributed by atoms with Crippen molar-refractivity contribution in [2.24, 2.45) is 0 Å². The maximum atomic E-state index is 9.06. The maximum absolute atomic E-state index is 9.06. The van der Waals surface area contributed by atoms with Crippen LogP contribution in [0.15, 0.2) is 18.2 Å². The van der Waals surface area contributed by atoms with Crippen LogP contribution < -0.4 is 4.78 Å². The second kappa shape index (κ2) is 3.55. The molecule has 0 fully saturated rings. The Hall–Kier alpha value is -0.545. The van der Waals surface area contributed by atoms with Gasteiger partial charge in [-0.15, -0.1) is 11.3 Å². The molecule has 0 unspecified atom stereocenters. The molecule has 14 heavy (non-hydrogen) atoms. The lowest BCUT2D eigenvalue weighted by Gasteiger charge is -1.94. The quantitative estimate of drug-likeness (QED) is 0.724. The van der Waals surface area contributed by atoms with Gasteiger partial charge in [0, 0.05) is 10.1 Å². The summed E-state index contributed by atoms with van der Waals surface area (Å²) in [6.07, 6.45) is 0. The van der Waals surface area contributed by atoms with Crippen LogP contribution in [0.2, 0.25) is 5.02 Å². The molecule has 72 valence electrons. The molecular weight excluding hydrogens is 218 g/mol. The van der Waals surface area contributed by atoms with Crippen molar-refractivity contribution in [2.45, 2.75) is 6.92 Å². The molecule has 2 rings (SSSR count). The van der Waals surface area contributed by atoms with Crippen molar-refractivity contribution in [3.63, 3.8) is 0 Å². The Morgan fingerprint density at radius 3 is 2.71 bits per heavy atom. The van der Waals surface area contributed by atoms with E-state index in [4.69, 9.17) is 21.6 Å². The lowest BCUT2D eigenvalue weighted by atomic mass is 9.89. The van der Waals surface area contributed by atoms with Crippen LogP contribution >= 0.6 is 22.9 Å². The lowest BCUT2D eigenvalue weighted by Crippen LogP contribution is -2.27. The summed E-state index contributed by atoms with van der Waals surface area (Å²) in [5, 5.41) is 19.4. The third-order valence-corrected chi connectivity index (χ3v) is 3.77. The molecule has 1 aromatic carbocycles. The van der Waals surface area contributed by atoms with Crippen LogP contribution in [0.4, 0.5) is 0 Å². The Morgan fingerprint density at radius 1 is 1.36 bits per heavy atom. The topological polar surface area (TPSA) is 40.5 Å². The Bertz CT molecular complexity index is 481. The standard InChI is InChI=1S/C9H8BClO2S/c1-5-2-3-7-6(4-5)8(11)9(14-7)10(12)13/h2-4,12-13H,1H3. The number of halogens is 1. The third kappa shape index (κ3) is 1.55. The SMILES string of the molecule is Cc1ccc2sc(B(O)O)c(Cl)c2c1. The van der Waals surface area contributed by atoms with E-state index in [2.05, 4.69) is 0 Å². The molecule has 1 heterocycles. The fourth-order valence-electron chi connectivity index (χ4n) is 1.37. The van der Waals surface area contributed by atoms with Crippen LogP contribution in [0.3, 0.4) is 0 Å². The summed E-state index contributed by atoms with van der Waals surface area (Å²) < 4.78 is 1.39. The van der Waals surface area contributed by atoms with Crippen molar-refractivity contribution in [1.82, 2.24) is 0 Å².